The normalized spacial score (nSPS) is 15.5. The molecule has 0 saturated carbocycles. The van der Waals surface area contributed by atoms with Gasteiger partial charge in [-0.2, -0.15) is 8.42 Å². The van der Waals surface area contributed by atoms with E-state index in [1.54, 1.807) is 6.07 Å². The van der Waals surface area contributed by atoms with Crippen LogP contribution in [0.25, 0.3) is 0 Å². The van der Waals surface area contributed by atoms with Crippen LogP contribution >= 0.6 is 0 Å². The molecule has 0 aliphatic carbocycles. The van der Waals surface area contributed by atoms with Gasteiger partial charge in [0.2, 0.25) is 0 Å². The van der Waals surface area contributed by atoms with Gasteiger partial charge >= 0.3 is 0 Å². The van der Waals surface area contributed by atoms with Crippen LogP contribution in [0, 0.1) is 17.5 Å². The molecule has 1 aliphatic heterocycles. The van der Waals surface area contributed by atoms with Crippen LogP contribution in [0.5, 0.6) is 0 Å². The van der Waals surface area contributed by atoms with Crippen LogP contribution in [0.15, 0.2) is 45.7 Å². The van der Waals surface area contributed by atoms with Crippen molar-refractivity contribution in [3.05, 3.63) is 59.4 Å². The van der Waals surface area contributed by atoms with Crippen molar-refractivity contribution in [2.24, 2.45) is 4.40 Å². The summed E-state index contributed by atoms with van der Waals surface area (Å²) in [4.78, 5) is -0.0320. The van der Waals surface area contributed by atoms with E-state index in [2.05, 4.69) is 9.71 Å². The topological polar surface area (TPSA) is 58.5 Å². The van der Waals surface area contributed by atoms with E-state index in [0.29, 0.717) is 0 Å². The molecule has 2 aromatic rings. The number of rotatable bonds is 1. The number of nitrogens with one attached hydrogen (secondary N) is 1. The lowest BCUT2D eigenvalue weighted by Crippen LogP contribution is -2.13. The van der Waals surface area contributed by atoms with Crippen LogP contribution in [-0.4, -0.2) is 14.3 Å². The second-order valence-corrected chi connectivity index (χ2v) is 5.83. The van der Waals surface area contributed by atoms with Crippen molar-refractivity contribution in [2.45, 2.75) is 4.90 Å². The Labute approximate surface area is 118 Å². The second-order valence-electron chi connectivity index (χ2n) is 4.26. The fourth-order valence-corrected chi connectivity index (χ4v) is 3.12. The summed E-state index contributed by atoms with van der Waals surface area (Å²) < 4.78 is 66.7. The van der Waals surface area contributed by atoms with Crippen molar-refractivity contribution in [1.29, 1.82) is 0 Å². The number of anilines is 1. The van der Waals surface area contributed by atoms with Crippen LogP contribution < -0.4 is 5.32 Å². The standard InChI is InChI=1S/C13H7F3N2O2S/c14-8-5-6-9(12(16)11(8)15)17-13-7-3-1-2-4-10(7)21(19,20)18-13/h1-6H,(H,17,18). The third-order valence-corrected chi connectivity index (χ3v) is 4.25. The zero-order valence-corrected chi connectivity index (χ0v) is 11.1. The molecule has 1 heterocycles. The highest BCUT2D eigenvalue weighted by atomic mass is 32.2. The fraction of sp³-hybridized carbons (Fsp3) is 0. The van der Waals surface area contributed by atoms with Gasteiger partial charge in [-0.15, -0.1) is 4.40 Å². The third-order valence-electron chi connectivity index (χ3n) is 2.92. The van der Waals surface area contributed by atoms with Gasteiger partial charge in [0.1, 0.15) is 4.90 Å². The molecule has 3 rings (SSSR count). The van der Waals surface area contributed by atoms with E-state index in [-0.39, 0.29) is 16.3 Å². The molecule has 0 atom stereocenters. The average Bonchev–Trinajstić information content (AvgIpc) is 2.72. The average molecular weight is 312 g/mol. The Bertz CT molecular complexity index is 879. The van der Waals surface area contributed by atoms with Crippen molar-refractivity contribution in [3.8, 4) is 0 Å². The summed E-state index contributed by atoms with van der Waals surface area (Å²) in [5.41, 5.74) is -0.166. The lowest BCUT2D eigenvalue weighted by molar-refractivity contribution is 0.449. The fourth-order valence-electron chi connectivity index (χ4n) is 1.95. The van der Waals surface area contributed by atoms with E-state index in [0.717, 1.165) is 12.1 Å². The highest BCUT2D eigenvalue weighted by Gasteiger charge is 2.29. The maximum absolute atomic E-state index is 13.6. The predicted octanol–water partition coefficient (Wildman–Crippen LogP) is 2.66. The number of sulfonamides is 1. The van der Waals surface area contributed by atoms with Gasteiger partial charge in [0.15, 0.2) is 23.3 Å². The summed E-state index contributed by atoms with van der Waals surface area (Å²) >= 11 is 0. The number of halogens is 3. The molecule has 8 heteroatoms. The number of fused-ring (bicyclic) bond motifs is 1. The third kappa shape index (κ3) is 2.17. The Morgan fingerprint density at radius 2 is 1.67 bits per heavy atom. The Kier molecular flexibility index (Phi) is 2.98. The highest BCUT2D eigenvalue weighted by molar-refractivity contribution is 7.90. The first-order valence-electron chi connectivity index (χ1n) is 5.75. The molecular weight excluding hydrogens is 305 g/mol. The molecule has 0 aromatic heterocycles. The molecule has 0 unspecified atom stereocenters. The largest absolute Gasteiger partial charge is 0.337 e. The molecule has 0 spiro atoms. The van der Waals surface area contributed by atoms with Gasteiger partial charge < -0.3 is 5.32 Å². The minimum Gasteiger partial charge on any atom is -0.337 e. The zero-order valence-electron chi connectivity index (χ0n) is 10.3. The maximum atomic E-state index is 13.6. The molecule has 0 bridgehead atoms. The molecule has 0 fully saturated rings. The summed E-state index contributed by atoms with van der Waals surface area (Å²) in [6.07, 6.45) is 0. The molecule has 1 aliphatic rings. The van der Waals surface area contributed by atoms with Gasteiger partial charge in [0.05, 0.1) is 5.69 Å². The van der Waals surface area contributed by atoms with E-state index >= 15 is 0 Å². The number of amidine groups is 1. The van der Waals surface area contributed by atoms with Gasteiger partial charge in [0, 0.05) is 5.56 Å². The molecule has 0 amide bonds. The molecule has 21 heavy (non-hydrogen) atoms. The summed E-state index contributed by atoms with van der Waals surface area (Å²) in [5.74, 6) is -4.57. The summed E-state index contributed by atoms with van der Waals surface area (Å²) in [6, 6.07) is 7.62. The number of benzene rings is 2. The van der Waals surface area contributed by atoms with Crippen LogP contribution in [0.4, 0.5) is 18.9 Å². The van der Waals surface area contributed by atoms with E-state index < -0.39 is 33.2 Å². The maximum Gasteiger partial charge on any atom is 0.285 e. The first kappa shape index (κ1) is 13.6. The number of nitrogens with zero attached hydrogens (tertiary/aromatic N) is 1. The summed E-state index contributed by atoms with van der Waals surface area (Å²) in [6.45, 7) is 0. The van der Waals surface area contributed by atoms with Gasteiger partial charge in [-0.3, -0.25) is 0 Å². The smallest absolute Gasteiger partial charge is 0.285 e. The lowest BCUT2D eigenvalue weighted by Gasteiger charge is -2.08. The van der Waals surface area contributed by atoms with Gasteiger partial charge in [-0.05, 0) is 24.3 Å². The van der Waals surface area contributed by atoms with Crippen molar-refractivity contribution >= 4 is 21.5 Å². The van der Waals surface area contributed by atoms with E-state index in [1.165, 1.54) is 18.2 Å². The minimum atomic E-state index is -3.87. The second kappa shape index (κ2) is 4.59. The highest BCUT2D eigenvalue weighted by Crippen LogP contribution is 2.28. The quantitative estimate of drug-likeness (QED) is 0.824. The van der Waals surface area contributed by atoms with E-state index in [1.807, 2.05) is 0 Å². The SMILES string of the molecule is O=S1(=O)N=C(Nc2ccc(F)c(F)c2F)c2ccccc21. The first-order valence-corrected chi connectivity index (χ1v) is 7.19. The van der Waals surface area contributed by atoms with Gasteiger partial charge in [0.25, 0.3) is 10.0 Å². The van der Waals surface area contributed by atoms with Gasteiger partial charge in [-0.25, -0.2) is 13.2 Å². The molecule has 2 aromatic carbocycles. The Morgan fingerprint density at radius 1 is 0.952 bits per heavy atom. The van der Waals surface area contributed by atoms with Crippen LogP contribution in [0.2, 0.25) is 0 Å². The first-order chi connectivity index (χ1) is 9.90. The molecule has 1 N–H and O–H groups in total. The van der Waals surface area contributed by atoms with Crippen molar-refractivity contribution < 1.29 is 21.6 Å². The zero-order chi connectivity index (χ0) is 15.2. The molecular formula is C13H7F3N2O2S. The van der Waals surface area contributed by atoms with Gasteiger partial charge in [-0.1, -0.05) is 12.1 Å². The predicted molar refractivity (Wildman–Crippen MR) is 70.1 cm³/mol. The molecule has 0 radical (unpaired) electrons. The van der Waals surface area contributed by atoms with Crippen LogP contribution in [0.3, 0.4) is 0 Å². The summed E-state index contributed by atoms with van der Waals surface area (Å²) in [5, 5.41) is 2.38. The molecule has 108 valence electrons. The Balaban J connectivity index is 2.07. The van der Waals surface area contributed by atoms with Crippen molar-refractivity contribution in [1.82, 2.24) is 0 Å². The monoisotopic (exact) mass is 312 g/mol. The van der Waals surface area contributed by atoms with Crippen molar-refractivity contribution in [2.75, 3.05) is 5.32 Å². The molecule has 4 nitrogen and oxygen atoms in total. The minimum absolute atomic E-state index is 0.0320. The number of hydrogen-bond donors (Lipinski definition) is 1. The van der Waals surface area contributed by atoms with Crippen LogP contribution in [-0.2, 0) is 10.0 Å². The Hall–Kier alpha value is -2.35. The number of hydrogen-bond acceptors (Lipinski definition) is 3. The van der Waals surface area contributed by atoms with Crippen LogP contribution in [0.1, 0.15) is 5.56 Å². The summed E-state index contributed by atoms with van der Waals surface area (Å²) in [7, 11) is -3.87. The molecule has 0 saturated heterocycles. The van der Waals surface area contributed by atoms with E-state index in [9.17, 15) is 21.6 Å². The van der Waals surface area contributed by atoms with E-state index in [4.69, 9.17) is 0 Å². The lowest BCUT2D eigenvalue weighted by atomic mass is 10.2. The Morgan fingerprint density at radius 3 is 2.43 bits per heavy atom. The van der Waals surface area contributed by atoms with Crippen molar-refractivity contribution in [3.63, 3.8) is 0 Å².